The van der Waals surface area contributed by atoms with Crippen LogP contribution in [0.15, 0.2) is 48.5 Å². The number of aryl methyl sites for hydroxylation is 1. The Morgan fingerprint density at radius 3 is 2.38 bits per heavy atom. The van der Waals surface area contributed by atoms with Crippen LogP contribution in [0.1, 0.15) is 22.3 Å². The lowest BCUT2D eigenvalue weighted by molar-refractivity contribution is 0.0953. The van der Waals surface area contributed by atoms with Gasteiger partial charge in [-0.2, -0.15) is 4.31 Å². The molecule has 0 saturated carbocycles. The molecule has 6 nitrogen and oxygen atoms in total. The van der Waals surface area contributed by atoms with Crippen LogP contribution < -0.4 is 10.2 Å². The van der Waals surface area contributed by atoms with E-state index in [4.69, 9.17) is 0 Å². The molecule has 1 amide bonds. The molecule has 0 aliphatic carbocycles. The average molecular weight is 420 g/mol. The molecule has 1 saturated heterocycles. The van der Waals surface area contributed by atoms with E-state index in [2.05, 4.69) is 5.32 Å². The maximum absolute atomic E-state index is 13.9. The quantitative estimate of drug-likeness (QED) is 0.700. The Morgan fingerprint density at radius 2 is 1.69 bits per heavy atom. The number of anilines is 1. The van der Waals surface area contributed by atoms with E-state index in [1.54, 1.807) is 30.3 Å². The minimum Gasteiger partial charge on any atom is -0.367 e. The monoisotopic (exact) mass is 419 g/mol. The van der Waals surface area contributed by atoms with Gasteiger partial charge in [-0.05, 0) is 37.1 Å². The number of amides is 1. The number of piperazine rings is 1. The molecule has 156 valence electrons. The summed E-state index contributed by atoms with van der Waals surface area (Å²) < 4.78 is 40.5. The SMILES string of the molecule is Cc1ccccc1C(=O)NCCCS(=O)(=O)N1CCN(c2ccccc2F)CC1. The molecule has 0 radical (unpaired) electrons. The molecule has 1 fully saturated rings. The Balaban J connectivity index is 1.45. The topological polar surface area (TPSA) is 69.7 Å². The van der Waals surface area contributed by atoms with E-state index in [0.717, 1.165) is 5.56 Å². The van der Waals surface area contributed by atoms with Crippen molar-refractivity contribution < 1.29 is 17.6 Å². The van der Waals surface area contributed by atoms with Gasteiger partial charge in [-0.15, -0.1) is 0 Å². The predicted molar refractivity (Wildman–Crippen MR) is 112 cm³/mol. The number of rotatable bonds is 7. The van der Waals surface area contributed by atoms with Crippen LogP contribution in [-0.4, -0.2) is 57.1 Å². The molecule has 1 aliphatic heterocycles. The first kappa shape index (κ1) is 21.3. The smallest absolute Gasteiger partial charge is 0.251 e. The Hall–Kier alpha value is -2.45. The van der Waals surface area contributed by atoms with Crippen LogP contribution in [0.5, 0.6) is 0 Å². The predicted octanol–water partition coefficient (Wildman–Crippen LogP) is 2.41. The molecule has 0 atom stereocenters. The largest absolute Gasteiger partial charge is 0.367 e. The molecule has 1 N–H and O–H groups in total. The third-order valence-electron chi connectivity index (χ3n) is 5.08. The Bertz CT molecular complexity index is 957. The number of halogens is 1. The first-order valence-corrected chi connectivity index (χ1v) is 11.3. The second-order valence-electron chi connectivity index (χ2n) is 7.08. The summed E-state index contributed by atoms with van der Waals surface area (Å²) in [5, 5.41) is 2.78. The van der Waals surface area contributed by atoms with Crippen molar-refractivity contribution in [1.29, 1.82) is 0 Å². The van der Waals surface area contributed by atoms with Crippen molar-refractivity contribution in [2.45, 2.75) is 13.3 Å². The molecule has 1 heterocycles. The highest BCUT2D eigenvalue weighted by Gasteiger charge is 2.27. The van der Waals surface area contributed by atoms with E-state index in [1.807, 2.05) is 24.0 Å². The van der Waals surface area contributed by atoms with Crippen LogP contribution in [0, 0.1) is 12.7 Å². The molecule has 0 bridgehead atoms. The molecule has 8 heteroatoms. The number of carbonyl (C=O) groups is 1. The maximum Gasteiger partial charge on any atom is 0.251 e. The van der Waals surface area contributed by atoms with Gasteiger partial charge in [0, 0.05) is 38.3 Å². The van der Waals surface area contributed by atoms with Crippen molar-refractivity contribution in [1.82, 2.24) is 9.62 Å². The zero-order chi connectivity index (χ0) is 20.9. The van der Waals surface area contributed by atoms with Gasteiger partial charge in [0.05, 0.1) is 11.4 Å². The minimum absolute atomic E-state index is 0.0270. The van der Waals surface area contributed by atoms with Gasteiger partial charge >= 0.3 is 0 Å². The van der Waals surface area contributed by atoms with E-state index in [0.29, 0.717) is 50.4 Å². The summed E-state index contributed by atoms with van der Waals surface area (Å²) >= 11 is 0. The number of para-hydroxylation sites is 1. The molecule has 2 aromatic carbocycles. The summed E-state index contributed by atoms with van der Waals surface area (Å²) in [6.07, 6.45) is 0.341. The van der Waals surface area contributed by atoms with E-state index in [9.17, 15) is 17.6 Å². The average Bonchev–Trinajstić information content (AvgIpc) is 2.72. The van der Waals surface area contributed by atoms with Crippen LogP contribution in [0.25, 0.3) is 0 Å². The number of nitrogens with zero attached hydrogens (tertiary/aromatic N) is 2. The summed E-state index contributed by atoms with van der Waals surface area (Å²) in [5.74, 6) is -0.520. The zero-order valence-electron chi connectivity index (χ0n) is 16.5. The van der Waals surface area contributed by atoms with Gasteiger partial charge in [-0.1, -0.05) is 30.3 Å². The van der Waals surface area contributed by atoms with Gasteiger partial charge in [0.25, 0.3) is 5.91 Å². The lowest BCUT2D eigenvalue weighted by Crippen LogP contribution is -2.49. The number of nitrogens with one attached hydrogen (secondary N) is 1. The summed E-state index contributed by atoms with van der Waals surface area (Å²) in [6.45, 7) is 3.70. The van der Waals surface area contributed by atoms with Crippen LogP contribution in [0.2, 0.25) is 0 Å². The first-order valence-electron chi connectivity index (χ1n) is 9.69. The third-order valence-corrected chi connectivity index (χ3v) is 7.04. The minimum atomic E-state index is -3.41. The molecule has 0 unspecified atom stereocenters. The van der Waals surface area contributed by atoms with Gasteiger partial charge in [0.15, 0.2) is 0 Å². The molecular weight excluding hydrogens is 393 g/mol. The van der Waals surface area contributed by atoms with Crippen molar-refractivity contribution in [3.05, 3.63) is 65.5 Å². The number of benzene rings is 2. The number of hydrogen-bond acceptors (Lipinski definition) is 4. The fourth-order valence-corrected chi connectivity index (χ4v) is 4.91. The second-order valence-corrected chi connectivity index (χ2v) is 9.17. The fraction of sp³-hybridized carbons (Fsp3) is 0.381. The van der Waals surface area contributed by atoms with Gasteiger partial charge in [-0.25, -0.2) is 12.8 Å². The lowest BCUT2D eigenvalue weighted by Gasteiger charge is -2.35. The summed E-state index contributed by atoms with van der Waals surface area (Å²) in [7, 11) is -3.41. The molecule has 3 rings (SSSR count). The molecule has 1 aliphatic rings. The number of sulfonamides is 1. The molecular formula is C21H26FN3O3S. The summed E-state index contributed by atoms with van der Waals surface area (Å²) in [5.41, 5.74) is 1.98. The van der Waals surface area contributed by atoms with Crippen molar-refractivity contribution in [3.63, 3.8) is 0 Å². The van der Waals surface area contributed by atoms with E-state index < -0.39 is 10.0 Å². The van der Waals surface area contributed by atoms with Crippen LogP contribution in [-0.2, 0) is 10.0 Å². The van der Waals surface area contributed by atoms with Crippen LogP contribution in [0.3, 0.4) is 0 Å². The highest BCUT2D eigenvalue weighted by atomic mass is 32.2. The first-order chi connectivity index (χ1) is 13.9. The van der Waals surface area contributed by atoms with Crippen molar-refractivity contribution in [2.24, 2.45) is 0 Å². The standard InChI is InChI=1S/C21H26FN3O3S/c1-17-7-2-3-8-18(17)21(26)23-11-6-16-29(27,28)25-14-12-24(13-15-25)20-10-5-4-9-19(20)22/h2-5,7-10H,6,11-16H2,1H3,(H,23,26). The maximum atomic E-state index is 13.9. The van der Waals surface area contributed by atoms with Crippen LogP contribution >= 0.6 is 0 Å². The van der Waals surface area contributed by atoms with Crippen LogP contribution in [0.4, 0.5) is 10.1 Å². The van der Waals surface area contributed by atoms with Gasteiger partial charge < -0.3 is 10.2 Å². The normalized spacial score (nSPS) is 15.3. The molecule has 0 spiro atoms. The van der Waals surface area contributed by atoms with Crippen molar-refractivity contribution in [3.8, 4) is 0 Å². The Kier molecular flexibility index (Phi) is 6.87. The zero-order valence-corrected chi connectivity index (χ0v) is 17.3. The Morgan fingerprint density at radius 1 is 1.03 bits per heavy atom. The molecule has 2 aromatic rings. The Labute approximate surface area is 171 Å². The fourth-order valence-electron chi connectivity index (χ4n) is 3.42. The lowest BCUT2D eigenvalue weighted by atomic mass is 10.1. The van der Waals surface area contributed by atoms with Crippen molar-refractivity contribution >= 4 is 21.6 Å². The third kappa shape index (κ3) is 5.33. The van der Waals surface area contributed by atoms with Gasteiger partial charge in [-0.3, -0.25) is 4.79 Å². The van der Waals surface area contributed by atoms with E-state index >= 15 is 0 Å². The number of hydrogen-bond donors (Lipinski definition) is 1. The summed E-state index contributed by atoms with van der Waals surface area (Å²) in [6, 6.07) is 13.8. The second kappa shape index (κ2) is 9.37. The number of carbonyl (C=O) groups excluding carboxylic acids is 1. The highest BCUT2D eigenvalue weighted by molar-refractivity contribution is 7.89. The van der Waals surface area contributed by atoms with E-state index in [-0.39, 0.29) is 17.5 Å². The summed E-state index contributed by atoms with van der Waals surface area (Å²) in [4.78, 5) is 14.0. The van der Waals surface area contributed by atoms with E-state index in [1.165, 1.54) is 10.4 Å². The van der Waals surface area contributed by atoms with Gasteiger partial charge in [0.2, 0.25) is 10.0 Å². The van der Waals surface area contributed by atoms with Gasteiger partial charge in [0.1, 0.15) is 5.82 Å². The molecule has 29 heavy (non-hydrogen) atoms. The van der Waals surface area contributed by atoms with Crippen molar-refractivity contribution in [2.75, 3.05) is 43.4 Å². The highest BCUT2D eigenvalue weighted by Crippen LogP contribution is 2.21. The molecule has 0 aromatic heterocycles.